The molecule has 0 aliphatic carbocycles. The van der Waals surface area contributed by atoms with Crippen molar-refractivity contribution >= 4 is 0 Å². The highest BCUT2D eigenvalue weighted by Crippen LogP contribution is 2.39. The smallest absolute Gasteiger partial charge is 0.203 e. The van der Waals surface area contributed by atoms with Crippen LogP contribution in [0.15, 0.2) is 12.1 Å². The normalized spacial score (nSPS) is 11.4. The molecule has 0 heterocycles. The maximum absolute atomic E-state index is 9.91. The molecule has 1 aromatic rings. The van der Waals surface area contributed by atoms with E-state index in [9.17, 15) is 5.11 Å². The lowest BCUT2D eigenvalue weighted by Gasteiger charge is -2.18. The highest BCUT2D eigenvalue weighted by Gasteiger charge is 2.16. The number of methoxy groups -OCH3 is 3. The third-order valence-corrected chi connectivity index (χ3v) is 6.24. The molecule has 16 nitrogen and oxygen atoms in total. The van der Waals surface area contributed by atoms with Gasteiger partial charge in [-0.15, -0.1) is 0 Å². The summed E-state index contributed by atoms with van der Waals surface area (Å²) in [6, 6.07) is 3.43. The third-order valence-electron chi connectivity index (χ3n) is 6.24. The molecule has 0 saturated carbocycles. The number of benzene rings is 1. The molecule has 0 amide bonds. The molecular weight excluding hydrogens is 664 g/mol. The van der Waals surface area contributed by atoms with E-state index in [1.807, 2.05) is 0 Å². The van der Waals surface area contributed by atoms with Crippen molar-refractivity contribution in [1.29, 1.82) is 0 Å². The van der Waals surface area contributed by atoms with E-state index in [4.69, 9.17) is 71.1 Å². The van der Waals surface area contributed by atoms with Crippen LogP contribution in [0.2, 0.25) is 0 Å². The number of hydrogen-bond donors (Lipinski definition) is 1. The molecule has 1 rings (SSSR count). The molecule has 0 aliphatic rings. The van der Waals surface area contributed by atoms with Gasteiger partial charge in [-0.05, 0) is 17.7 Å². The molecule has 0 aromatic heterocycles. The molecule has 16 heteroatoms. The quantitative estimate of drug-likeness (QED) is 0.0967. The Bertz CT molecular complexity index is 800. The summed E-state index contributed by atoms with van der Waals surface area (Å²) < 4.78 is 82.4. The molecule has 294 valence electrons. The van der Waals surface area contributed by atoms with Crippen LogP contribution in [0.5, 0.6) is 17.2 Å². The first-order valence-electron chi connectivity index (χ1n) is 17.1. The van der Waals surface area contributed by atoms with Crippen molar-refractivity contribution in [3.8, 4) is 17.2 Å². The minimum atomic E-state index is -0.209. The summed E-state index contributed by atoms with van der Waals surface area (Å²) >= 11 is 0. The summed E-state index contributed by atoms with van der Waals surface area (Å²) in [7, 11) is 4.89. The van der Waals surface area contributed by atoms with Gasteiger partial charge in [0, 0.05) is 21.3 Å². The molecule has 1 N–H and O–H groups in total. The van der Waals surface area contributed by atoms with Gasteiger partial charge >= 0.3 is 0 Å². The van der Waals surface area contributed by atoms with Crippen molar-refractivity contribution in [3.05, 3.63) is 17.7 Å². The third kappa shape index (κ3) is 27.8. The van der Waals surface area contributed by atoms with Crippen molar-refractivity contribution in [2.75, 3.05) is 180 Å². The highest BCUT2D eigenvalue weighted by atomic mass is 16.6. The number of aliphatic hydroxyl groups is 1. The topological polar surface area (TPSA) is 159 Å². The Morgan fingerprint density at radius 2 is 0.580 bits per heavy atom. The van der Waals surface area contributed by atoms with Gasteiger partial charge in [0.1, 0.15) is 19.8 Å². The van der Waals surface area contributed by atoms with Gasteiger partial charge in [-0.2, -0.15) is 0 Å². The van der Waals surface area contributed by atoms with Crippen molar-refractivity contribution in [1.82, 2.24) is 0 Å². The largest absolute Gasteiger partial charge is 0.487 e. The first-order chi connectivity index (χ1) is 24.8. The summed E-state index contributed by atoms with van der Waals surface area (Å²) in [5.74, 6) is 1.22. The van der Waals surface area contributed by atoms with Crippen LogP contribution in [0.1, 0.15) is 5.56 Å². The predicted octanol–water partition coefficient (Wildman–Crippen LogP) is 1.40. The standard InChI is InChI=1S/C34H62O16/c1-36-4-7-39-10-13-42-16-19-45-22-25-48-32-28-31(30-35)29-33(49-26-23-46-20-17-43-14-11-40-8-5-37-2)34(32)50-27-24-47-21-18-44-15-12-41-9-6-38-3/h28-29,35H,4-27,30H2,1-3H3. The maximum atomic E-state index is 9.91. The van der Waals surface area contributed by atoms with Crippen LogP contribution in [0.4, 0.5) is 0 Å². The Morgan fingerprint density at radius 3 is 0.840 bits per heavy atom. The SMILES string of the molecule is COCCOCCOCCOCCOc1cc(CO)cc(OCCOCCOCCOCCOC)c1OCCOCCOCCOCCOC. The minimum Gasteiger partial charge on any atom is -0.487 e. The zero-order valence-electron chi connectivity index (χ0n) is 30.4. The Labute approximate surface area is 297 Å². The van der Waals surface area contributed by atoms with Crippen LogP contribution >= 0.6 is 0 Å². The number of hydrogen-bond acceptors (Lipinski definition) is 16. The zero-order chi connectivity index (χ0) is 36.0. The predicted molar refractivity (Wildman–Crippen MR) is 182 cm³/mol. The van der Waals surface area contributed by atoms with E-state index in [-0.39, 0.29) is 26.4 Å². The second-order valence-corrected chi connectivity index (χ2v) is 10.1. The fourth-order valence-electron chi connectivity index (χ4n) is 3.76. The van der Waals surface area contributed by atoms with E-state index in [0.717, 1.165) is 0 Å². The summed E-state index contributed by atoms with van der Waals surface area (Å²) in [4.78, 5) is 0. The minimum absolute atomic E-state index is 0.209. The second kappa shape index (κ2) is 36.9. The molecule has 0 fully saturated rings. The van der Waals surface area contributed by atoms with E-state index in [0.29, 0.717) is 162 Å². The molecule has 0 radical (unpaired) electrons. The van der Waals surface area contributed by atoms with Crippen molar-refractivity contribution < 1.29 is 76.2 Å². The van der Waals surface area contributed by atoms with Crippen molar-refractivity contribution in [2.24, 2.45) is 0 Å². The van der Waals surface area contributed by atoms with Crippen LogP contribution in [0.25, 0.3) is 0 Å². The average molecular weight is 727 g/mol. The molecule has 1 aromatic carbocycles. The molecule has 0 spiro atoms. The van der Waals surface area contributed by atoms with Crippen LogP contribution < -0.4 is 14.2 Å². The molecule has 0 aliphatic heterocycles. The van der Waals surface area contributed by atoms with Gasteiger partial charge in [0.2, 0.25) is 5.75 Å². The van der Waals surface area contributed by atoms with Crippen LogP contribution in [0.3, 0.4) is 0 Å². The van der Waals surface area contributed by atoms with Gasteiger partial charge in [0.05, 0.1) is 145 Å². The van der Waals surface area contributed by atoms with Crippen molar-refractivity contribution in [2.45, 2.75) is 6.61 Å². The Kier molecular flexibility index (Phi) is 34.0. The lowest BCUT2D eigenvalue weighted by Crippen LogP contribution is -2.16. The van der Waals surface area contributed by atoms with Gasteiger partial charge in [-0.1, -0.05) is 0 Å². The first kappa shape index (κ1) is 46.1. The fourth-order valence-corrected chi connectivity index (χ4v) is 3.76. The summed E-state index contributed by atoms with van der Waals surface area (Å²) in [5.41, 5.74) is 0.603. The number of rotatable bonds is 40. The van der Waals surface area contributed by atoms with E-state index < -0.39 is 0 Å². The van der Waals surface area contributed by atoms with Gasteiger partial charge in [-0.3, -0.25) is 0 Å². The Morgan fingerprint density at radius 1 is 0.340 bits per heavy atom. The van der Waals surface area contributed by atoms with Gasteiger partial charge < -0.3 is 76.2 Å². The molecule has 0 atom stereocenters. The lowest BCUT2D eigenvalue weighted by atomic mass is 10.2. The number of aliphatic hydroxyl groups excluding tert-OH is 1. The number of ether oxygens (including phenoxy) is 15. The van der Waals surface area contributed by atoms with Crippen LogP contribution in [-0.4, -0.2) is 185 Å². The zero-order valence-corrected chi connectivity index (χ0v) is 30.4. The molecule has 0 saturated heterocycles. The van der Waals surface area contributed by atoms with E-state index >= 15 is 0 Å². The molecule has 0 bridgehead atoms. The Balaban J connectivity index is 2.51. The van der Waals surface area contributed by atoms with Crippen molar-refractivity contribution in [3.63, 3.8) is 0 Å². The van der Waals surface area contributed by atoms with Gasteiger partial charge in [0.25, 0.3) is 0 Å². The maximum Gasteiger partial charge on any atom is 0.203 e. The summed E-state index contributed by atoms with van der Waals surface area (Å²) in [6.07, 6.45) is 0. The lowest BCUT2D eigenvalue weighted by molar-refractivity contribution is -0.00161. The molecular formula is C34H62O16. The summed E-state index contributed by atoms with van der Waals surface area (Å²) in [5, 5.41) is 9.91. The second-order valence-electron chi connectivity index (χ2n) is 10.1. The summed E-state index contributed by atoms with van der Waals surface area (Å²) in [6.45, 7) is 10.2. The van der Waals surface area contributed by atoms with E-state index in [1.165, 1.54) is 0 Å². The van der Waals surface area contributed by atoms with E-state index in [2.05, 4.69) is 0 Å². The fraction of sp³-hybridized carbons (Fsp3) is 0.824. The monoisotopic (exact) mass is 726 g/mol. The molecule has 50 heavy (non-hydrogen) atoms. The van der Waals surface area contributed by atoms with Gasteiger partial charge in [-0.25, -0.2) is 0 Å². The van der Waals surface area contributed by atoms with Gasteiger partial charge in [0.15, 0.2) is 11.5 Å². The average Bonchev–Trinajstić information content (AvgIpc) is 3.13. The molecule has 0 unspecified atom stereocenters. The van der Waals surface area contributed by atoms with E-state index in [1.54, 1.807) is 33.5 Å². The first-order valence-corrected chi connectivity index (χ1v) is 17.1. The van der Waals surface area contributed by atoms with Crippen LogP contribution in [0, 0.1) is 0 Å². The highest BCUT2D eigenvalue weighted by molar-refractivity contribution is 5.54. The Hall–Kier alpha value is -1.90. The van der Waals surface area contributed by atoms with Crippen LogP contribution in [-0.2, 0) is 63.4 Å².